The Morgan fingerprint density at radius 3 is 2.14 bits per heavy atom. The van der Waals surface area contributed by atoms with Crippen LogP contribution < -0.4 is 4.74 Å². The van der Waals surface area contributed by atoms with E-state index < -0.39 is 5.97 Å². The fourth-order valence-electron chi connectivity index (χ4n) is 0.768. The molecule has 1 aromatic carbocycles. The van der Waals surface area contributed by atoms with E-state index in [1.165, 1.54) is 12.1 Å². The second-order valence-corrected chi connectivity index (χ2v) is 3.82. The Labute approximate surface area is 101 Å². The van der Waals surface area contributed by atoms with E-state index in [9.17, 15) is 4.79 Å². The van der Waals surface area contributed by atoms with Crippen LogP contribution >= 0.6 is 46.4 Å². The monoisotopic (exact) mass is 272 g/mol. The molecule has 0 aliphatic carbocycles. The summed E-state index contributed by atoms with van der Waals surface area (Å²) in [7, 11) is 0. The molecule has 0 atom stereocenters. The first-order valence-corrected chi connectivity index (χ1v) is 5.12. The summed E-state index contributed by atoms with van der Waals surface area (Å²) in [4.78, 5) is 10.9. The van der Waals surface area contributed by atoms with E-state index in [1.807, 2.05) is 0 Å². The molecule has 6 heteroatoms. The lowest BCUT2D eigenvalue weighted by molar-refractivity contribution is -0.131. The highest BCUT2D eigenvalue weighted by atomic mass is 35.5. The van der Waals surface area contributed by atoms with Gasteiger partial charge >= 0.3 is 5.97 Å². The van der Waals surface area contributed by atoms with Crippen LogP contribution in [-0.4, -0.2) is 11.8 Å². The predicted molar refractivity (Wildman–Crippen MR) is 57.8 cm³/mol. The number of esters is 1. The zero-order valence-corrected chi connectivity index (χ0v) is 9.71. The average Bonchev–Trinajstić information content (AvgIpc) is 2.10. The van der Waals surface area contributed by atoms with Crippen molar-refractivity contribution in [3.63, 3.8) is 0 Å². The second-order valence-electron chi connectivity index (χ2n) is 2.31. The first kappa shape index (κ1) is 11.9. The Morgan fingerprint density at radius 2 is 1.71 bits per heavy atom. The lowest BCUT2D eigenvalue weighted by Crippen LogP contribution is -2.09. The summed E-state index contributed by atoms with van der Waals surface area (Å²) in [5.74, 6) is -0.823. The summed E-state index contributed by atoms with van der Waals surface area (Å²) in [5, 5.41) is 0.701. The molecule has 0 saturated heterocycles. The molecule has 0 saturated carbocycles. The van der Waals surface area contributed by atoms with Gasteiger partial charge in [0.25, 0.3) is 0 Å². The van der Waals surface area contributed by atoms with E-state index in [1.54, 1.807) is 0 Å². The molecule has 0 radical (unpaired) electrons. The molecule has 0 bridgehead atoms. The SMILES string of the molecule is O=C(CCl)Oc1c(Cl)cc(Cl)cc1Cl. The molecule has 0 heterocycles. The largest absolute Gasteiger partial charge is 0.422 e. The van der Waals surface area contributed by atoms with Gasteiger partial charge in [0.05, 0.1) is 10.0 Å². The number of hydrogen-bond donors (Lipinski definition) is 0. The van der Waals surface area contributed by atoms with Crippen molar-refractivity contribution < 1.29 is 9.53 Å². The van der Waals surface area contributed by atoms with E-state index in [2.05, 4.69) is 0 Å². The van der Waals surface area contributed by atoms with E-state index >= 15 is 0 Å². The van der Waals surface area contributed by atoms with Gasteiger partial charge in [0.1, 0.15) is 5.88 Å². The van der Waals surface area contributed by atoms with Crippen molar-refractivity contribution in [3.8, 4) is 5.75 Å². The third-order valence-electron chi connectivity index (χ3n) is 1.29. The second kappa shape index (κ2) is 5.08. The van der Waals surface area contributed by atoms with Crippen molar-refractivity contribution in [2.45, 2.75) is 0 Å². The van der Waals surface area contributed by atoms with Gasteiger partial charge in [0.2, 0.25) is 0 Å². The fraction of sp³-hybridized carbons (Fsp3) is 0.125. The number of rotatable bonds is 2. The maximum Gasteiger partial charge on any atom is 0.326 e. The van der Waals surface area contributed by atoms with Gasteiger partial charge in [0.15, 0.2) is 5.75 Å². The number of alkyl halides is 1. The average molecular weight is 274 g/mol. The van der Waals surface area contributed by atoms with Gasteiger partial charge in [-0.3, -0.25) is 4.79 Å². The smallest absolute Gasteiger partial charge is 0.326 e. The van der Waals surface area contributed by atoms with Gasteiger partial charge in [0, 0.05) is 5.02 Å². The van der Waals surface area contributed by atoms with Crippen molar-refractivity contribution in [2.75, 3.05) is 5.88 Å². The normalized spacial score (nSPS) is 10.0. The molecule has 76 valence electrons. The van der Waals surface area contributed by atoms with E-state index in [-0.39, 0.29) is 21.7 Å². The van der Waals surface area contributed by atoms with Crippen molar-refractivity contribution in [1.29, 1.82) is 0 Å². The van der Waals surface area contributed by atoms with Crippen LogP contribution in [0.1, 0.15) is 0 Å². The van der Waals surface area contributed by atoms with Gasteiger partial charge in [-0.1, -0.05) is 34.8 Å². The van der Waals surface area contributed by atoms with Gasteiger partial charge in [-0.2, -0.15) is 0 Å². The molecule has 0 aromatic heterocycles. The maximum atomic E-state index is 10.9. The first-order chi connectivity index (χ1) is 6.54. The minimum absolute atomic E-state index is 0.0726. The lowest BCUT2D eigenvalue weighted by Gasteiger charge is -2.06. The molecule has 1 rings (SSSR count). The summed E-state index contributed by atoms with van der Waals surface area (Å²) >= 11 is 22.4. The van der Waals surface area contributed by atoms with Crippen LogP contribution in [-0.2, 0) is 4.79 Å². The number of halogens is 4. The molecule has 0 unspecified atom stereocenters. The summed E-state index contributed by atoms with van der Waals surface area (Å²) in [6, 6.07) is 2.84. The number of benzene rings is 1. The summed E-state index contributed by atoms with van der Waals surface area (Å²) < 4.78 is 4.79. The minimum Gasteiger partial charge on any atom is -0.422 e. The Balaban J connectivity index is 3.02. The number of hydrogen-bond acceptors (Lipinski definition) is 2. The third kappa shape index (κ3) is 2.92. The first-order valence-electron chi connectivity index (χ1n) is 3.45. The molecule has 0 aliphatic heterocycles. The minimum atomic E-state index is -0.627. The van der Waals surface area contributed by atoms with Crippen LogP contribution in [0.5, 0.6) is 5.75 Å². The highest BCUT2D eigenvalue weighted by molar-refractivity contribution is 6.40. The highest BCUT2D eigenvalue weighted by Gasteiger charge is 2.12. The van der Waals surface area contributed by atoms with Crippen molar-refractivity contribution in [1.82, 2.24) is 0 Å². The van der Waals surface area contributed by atoms with Crippen LogP contribution in [0.3, 0.4) is 0 Å². The van der Waals surface area contributed by atoms with E-state index in [0.717, 1.165) is 0 Å². The van der Waals surface area contributed by atoms with E-state index in [4.69, 9.17) is 51.1 Å². The Bertz CT molecular complexity index is 341. The van der Waals surface area contributed by atoms with Crippen molar-refractivity contribution in [3.05, 3.63) is 27.2 Å². The van der Waals surface area contributed by atoms with Crippen molar-refractivity contribution in [2.24, 2.45) is 0 Å². The maximum absolute atomic E-state index is 10.9. The summed E-state index contributed by atoms with van der Waals surface area (Å²) in [6.45, 7) is 0. The molecule has 14 heavy (non-hydrogen) atoms. The number of carbonyl (C=O) groups is 1. The number of ether oxygens (including phenoxy) is 1. The van der Waals surface area contributed by atoms with Crippen LogP contribution in [0.15, 0.2) is 12.1 Å². The topological polar surface area (TPSA) is 26.3 Å². The molecular formula is C8H4Cl4O2. The predicted octanol–water partition coefficient (Wildman–Crippen LogP) is 3.79. The Hall–Kier alpha value is -0.150. The van der Waals surface area contributed by atoms with E-state index in [0.29, 0.717) is 5.02 Å². The number of carbonyl (C=O) groups excluding carboxylic acids is 1. The molecule has 0 N–H and O–H groups in total. The molecule has 0 spiro atoms. The van der Waals surface area contributed by atoms with Gasteiger partial charge in [-0.05, 0) is 12.1 Å². The quantitative estimate of drug-likeness (QED) is 0.466. The van der Waals surface area contributed by atoms with Gasteiger partial charge < -0.3 is 4.74 Å². The molecule has 0 aliphatic rings. The zero-order valence-electron chi connectivity index (χ0n) is 6.69. The zero-order chi connectivity index (χ0) is 10.7. The van der Waals surface area contributed by atoms with Crippen LogP contribution in [0.4, 0.5) is 0 Å². The van der Waals surface area contributed by atoms with Crippen LogP contribution in [0, 0.1) is 0 Å². The standard InChI is InChI=1S/C8H4Cl4O2/c9-3-7(13)14-8-5(11)1-4(10)2-6(8)12/h1-2H,3H2. The van der Waals surface area contributed by atoms with Gasteiger partial charge in [-0.25, -0.2) is 0 Å². The molecular weight excluding hydrogens is 270 g/mol. The summed E-state index contributed by atoms with van der Waals surface area (Å²) in [6.07, 6.45) is 0. The summed E-state index contributed by atoms with van der Waals surface area (Å²) in [5.41, 5.74) is 0. The fourth-order valence-corrected chi connectivity index (χ4v) is 1.72. The molecule has 0 fully saturated rings. The molecule has 1 aromatic rings. The Kier molecular flexibility index (Phi) is 4.32. The van der Waals surface area contributed by atoms with Crippen molar-refractivity contribution >= 4 is 52.4 Å². The van der Waals surface area contributed by atoms with Crippen LogP contribution in [0.2, 0.25) is 15.1 Å². The molecule has 2 nitrogen and oxygen atoms in total. The van der Waals surface area contributed by atoms with Gasteiger partial charge in [-0.15, -0.1) is 11.6 Å². The lowest BCUT2D eigenvalue weighted by atomic mass is 10.3. The highest BCUT2D eigenvalue weighted by Crippen LogP contribution is 2.35. The third-order valence-corrected chi connectivity index (χ3v) is 2.29. The molecule has 0 amide bonds. The Morgan fingerprint density at radius 1 is 1.21 bits per heavy atom. The van der Waals surface area contributed by atoms with Crippen LogP contribution in [0.25, 0.3) is 0 Å².